The molecule has 0 radical (unpaired) electrons. The van der Waals surface area contributed by atoms with Gasteiger partial charge in [0, 0.05) is 6.61 Å². The molecule has 0 unspecified atom stereocenters. The van der Waals surface area contributed by atoms with Gasteiger partial charge in [-0.1, -0.05) is 0 Å². The smallest absolute Gasteiger partial charge is 0.0837 e. The highest BCUT2D eigenvalue weighted by Gasteiger charge is 2.41. The fraction of sp³-hybridized carbons (Fsp3) is 1.00. The zero-order valence-electron chi connectivity index (χ0n) is 6.44. The van der Waals surface area contributed by atoms with E-state index in [9.17, 15) is 5.11 Å². The highest BCUT2D eigenvalue weighted by atomic mass is 16.5. The lowest BCUT2D eigenvalue weighted by atomic mass is 9.79. The summed E-state index contributed by atoms with van der Waals surface area (Å²) in [5.41, 5.74) is 0. The van der Waals surface area contributed by atoms with E-state index in [1.165, 1.54) is 0 Å². The van der Waals surface area contributed by atoms with Gasteiger partial charge in [0.25, 0.3) is 0 Å². The Kier molecular flexibility index (Phi) is 1.87. The number of hydrogen-bond donors (Lipinski definition) is 2. The first kappa shape index (κ1) is 7.53. The predicted molar refractivity (Wildman–Crippen MR) is 39.0 cm³/mol. The summed E-state index contributed by atoms with van der Waals surface area (Å²) < 4.78 is 5.36. The third kappa shape index (κ3) is 1.17. The molecule has 0 aromatic rings. The van der Waals surface area contributed by atoms with Gasteiger partial charge in [0.1, 0.15) is 0 Å². The summed E-state index contributed by atoms with van der Waals surface area (Å²) in [4.78, 5) is 0. The molecule has 1 saturated heterocycles. The van der Waals surface area contributed by atoms with Crippen molar-refractivity contribution >= 4 is 0 Å². The van der Waals surface area contributed by atoms with Gasteiger partial charge in [-0.3, -0.25) is 0 Å². The molecule has 2 aliphatic rings. The van der Waals surface area contributed by atoms with Gasteiger partial charge in [-0.15, -0.1) is 0 Å². The number of aliphatic hydroxyl groups excluding tert-OH is 2. The molecule has 1 heterocycles. The summed E-state index contributed by atoms with van der Waals surface area (Å²) in [6.07, 6.45) is 1.37. The number of rotatable bonds is 1. The molecule has 1 saturated carbocycles. The molecule has 1 aliphatic heterocycles. The number of aliphatic hydroxyl groups is 2. The minimum Gasteiger partial charge on any atom is -0.396 e. The Morgan fingerprint density at radius 1 is 1.36 bits per heavy atom. The zero-order chi connectivity index (χ0) is 7.84. The first-order valence-corrected chi connectivity index (χ1v) is 4.21. The van der Waals surface area contributed by atoms with Crippen molar-refractivity contribution in [1.29, 1.82) is 0 Å². The van der Waals surface area contributed by atoms with Crippen LogP contribution in [-0.2, 0) is 4.74 Å². The lowest BCUT2D eigenvalue weighted by molar-refractivity contribution is -0.0148. The quantitative estimate of drug-likeness (QED) is 0.554. The van der Waals surface area contributed by atoms with Gasteiger partial charge in [0.2, 0.25) is 0 Å². The number of fused-ring (bicyclic) bond motifs is 2. The summed E-state index contributed by atoms with van der Waals surface area (Å²) >= 11 is 0. The Balaban J connectivity index is 2.05. The molecule has 2 N–H and O–H groups in total. The molecule has 2 rings (SSSR count). The van der Waals surface area contributed by atoms with E-state index in [0.29, 0.717) is 12.3 Å². The molecule has 1 aliphatic carbocycles. The second-order valence-electron chi connectivity index (χ2n) is 3.61. The average molecular weight is 158 g/mol. The molecule has 0 aromatic heterocycles. The molecular weight excluding hydrogens is 144 g/mol. The van der Waals surface area contributed by atoms with E-state index in [4.69, 9.17) is 9.84 Å². The van der Waals surface area contributed by atoms with Crippen LogP contribution in [-0.4, -0.2) is 35.6 Å². The SMILES string of the molecule is OC[C@H]1C[C@H](O)[C@@H]2C[C@H]1CO2. The van der Waals surface area contributed by atoms with Crippen LogP contribution in [0.15, 0.2) is 0 Å². The van der Waals surface area contributed by atoms with Crippen molar-refractivity contribution in [3.05, 3.63) is 0 Å². The van der Waals surface area contributed by atoms with Crippen molar-refractivity contribution in [2.75, 3.05) is 13.2 Å². The van der Waals surface area contributed by atoms with Crippen molar-refractivity contribution in [2.24, 2.45) is 11.8 Å². The van der Waals surface area contributed by atoms with Crippen molar-refractivity contribution < 1.29 is 14.9 Å². The molecule has 64 valence electrons. The van der Waals surface area contributed by atoms with E-state index in [1.807, 2.05) is 0 Å². The summed E-state index contributed by atoms with van der Waals surface area (Å²) in [5, 5.41) is 18.4. The third-order valence-electron chi connectivity index (χ3n) is 2.93. The van der Waals surface area contributed by atoms with Crippen LogP contribution in [0.5, 0.6) is 0 Å². The maximum Gasteiger partial charge on any atom is 0.0837 e. The summed E-state index contributed by atoms with van der Waals surface area (Å²) in [6, 6.07) is 0. The molecule has 0 aromatic carbocycles. The Morgan fingerprint density at radius 2 is 2.18 bits per heavy atom. The Hall–Kier alpha value is -0.120. The first-order chi connectivity index (χ1) is 5.31. The molecule has 0 spiro atoms. The summed E-state index contributed by atoms with van der Waals surface area (Å²) in [6.45, 7) is 0.921. The van der Waals surface area contributed by atoms with Crippen LogP contribution in [0.4, 0.5) is 0 Å². The van der Waals surface area contributed by atoms with Crippen LogP contribution in [0.2, 0.25) is 0 Å². The van der Waals surface area contributed by atoms with E-state index in [1.54, 1.807) is 0 Å². The summed E-state index contributed by atoms with van der Waals surface area (Å²) in [5.74, 6) is 0.761. The Morgan fingerprint density at radius 3 is 2.91 bits per heavy atom. The Bertz CT molecular complexity index is 148. The second-order valence-corrected chi connectivity index (χ2v) is 3.61. The minimum atomic E-state index is -0.342. The van der Waals surface area contributed by atoms with E-state index in [-0.39, 0.29) is 24.7 Å². The minimum absolute atomic E-state index is 0.0581. The average Bonchev–Trinajstić information content (AvgIpc) is 2.43. The van der Waals surface area contributed by atoms with E-state index >= 15 is 0 Å². The van der Waals surface area contributed by atoms with Gasteiger partial charge >= 0.3 is 0 Å². The van der Waals surface area contributed by atoms with Gasteiger partial charge in [0.15, 0.2) is 0 Å². The van der Waals surface area contributed by atoms with Crippen LogP contribution >= 0.6 is 0 Å². The molecule has 0 amide bonds. The normalized spacial score (nSPS) is 49.6. The second kappa shape index (κ2) is 2.73. The monoisotopic (exact) mass is 158 g/mol. The van der Waals surface area contributed by atoms with Crippen molar-refractivity contribution in [3.8, 4) is 0 Å². The highest BCUT2D eigenvalue weighted by Crippen LogP contribution is 2.37. The van der Waals surface area contributed by atoms with Gasteiger partial charge in [-0.2, -0.15) is 0 Å². The standard InChI is InChI=1S/C8H14O3/c9-3-5-1-7(10)8-2-6(5)4-11-8/h5-10H,1-4H2/t5-,6+,7+,8+/m1/s1. The maximum atomic E-state index is 9.46. The Labute approximate surface area is 66.0 Å². The largest absolute Gasteiger partial charge is 0.396 e. The van der Waals surface area contributed by atoms with E-state index in [2.05, 4.69) is 0 Å². The maximum absolute atomic E-state index is 9.46. The van der Waals surface area contributed by atoms with Crippen LogP contribution in [0.1, 0.15) is 12.8 Å². The van der Waals surface area contributed by atoms with Gasteiger partial charge in [-0.25, -0.2) is 0 Å². The molecule has 3 nitrogen and oxygen atoms in total. The lowest BCUT2D eigenvalue weighted by Crippen LogP contribution is -2.35. The molecule has 4 atom stereocenters. The van der Waals surface area contributed by atoms with Crippen molar-refractivity contribution in [3.63, 3.8) is 0 Å². The van der Waals surface area contributed by atoms with Gasteiger partial charge in [-0.05, 0) is 24.7 Å². The fourth-order valence-electron chi connectivity index (χ4n) is 2.16. The molecule has 3 heteroatoms. The molecule has 11 heavy (non-hydrogen) atoms. The van der Waals surface area contributed by atoms with Crippen molar-refractivity contribution in [2.45, 2.75) is 25.0 Å². The van der Waals surface area contributed by atoms with Crippen LogP contribution in [0.3, 0.4) is 0 Å². The van der Waals surface area contributed by atoms with Gasteiger partial charge < -0.3 is 14.9 Å². The fourth-order valence-corrected chi connectivity index (χ4v) is 2.16. The van der Waals surface area contributed by atoms with Gasteiger partial charge in [0.05, 0.1) is 18.8 Å². The highest BCUT2D eigenvalue weighted by molar-refractivity contribution is 4.90. The van der Waals surface area contributed by atoms with E-state index < -0.39 is 0 Å². The molecule has 2 bridgehead atoms. The molecule has 2 fully saturated rings. The van der Waals surface area contributed by atoms with Crippen LogP contribution < -0.4 is 0 Å². The molecular formula is C8H14O3. The summed E-state index contributed by atoms with van der Waals surface area (Å²) in [7, 11) is 0. The van der Waals surface area contributed by atoms with E-state index in [0.717, 1.165) is 13.0 Å². The van der Waals surface area contributed by atoms with Crippen LogP contribution in [0, 0.1) is 11.8 Å². The zero-order valence-corrected chi connectivity index (χ0v) is 6.44. The predicted octanol–water partition coefficient (Wildman–Crippen LogP) is -0.235. The van der Waals surface area contributed by atoms with Crippen LogP contribution in [0.25, 0.3) is 0 Å². The third-order valence-corrected chi connectivity index (χ3v) is 2.93. The first-order valence-electron chi connectivity index (χ1n) is 4.21. The number of hydrogen-bond acceptors (Lipinski definition) is 3. The number of ether oxygens (including phenoxy) is 1. The topological polar surface area (TPSA) is 49.7 Å². The lowest BCUT2D eigenvalue weighted by Gasteiger charge is -2.28. The van der Waals surface area contributed by atoms with Crippen molar-refractivity contribution in [1.82, 2.24) is 0 Å².